The molecular formula is C43H80NO8P. The molecule has 53 heavy (non-hydrogen) atoms. The molecule has 0 aromatic carbocycles. The molecule has 0 fully saturated rings. The highest BCUT2D eigenvalue weighted by atomic mass is 31.2. The number of carbonyl (C=O) groups is 2. The molecule has 0 rings (SSSR count). The monoisotopic (exact) mass is 770 g/mol. The SMILES string of the molecule is CCCCC/C=C/C/C=C/CCCCCCCC(=O)O[C@H](COC(=O)CCCCCCCCC/C=C/CCCCCCCC)COP(=O)(O)OCCN. The predicted molar refractivity (Wildman–Crippen MR) is 220 cm³/mol. The summed E-state index contributed by atoms with van der Waals surface area (Å²) in [5, 5.41) is 0. The molecule has 0 radical (unpaired) electrons. The van der Waals surface area contributed by atoms with Crippen molar-refractivity contribution in [2.75, 3.05) is 26.4 Å². The number of ether oxygens (including phenoxy) is 2. The highest BCUT2D eigenvalue weighted by Crippen LogP contribution is 2.43. The van der Waals surface area contributed by atoms with Crippen LogP contribution in [0.5, 0.6) is 0 Å². The molecule has 0 amide bonds. The third-order valence-corrected chi connectivity index (χ3v) is 9.98. The summed E-state index contributed by atoms with van der Waals surface area (Å²) < 4.78 is 32.7. The molecule has 0 aromatic heterocycles. The van der Waals surface area contributed by atoms with E-state index in [0.717, 1.165) is 70.6 Å². The first kappa shape index (κ1) is 51.2. The summed E-state index contributed by atoms with van der Waals surface area (Å²) in [5.41, 5.74) is 5.34. The maximum absolute atomic E-state index is 12.6. The van der Waals surface area contributed by atoms with E-state index in [1.165, 1.54) is 89.9 Å². The lowest BCUT2D eigenvalue weighted by Crippen LogP contribution is -2.29. The van der Waals surface area contributed by atoms with E-state index in [-0.39, 0.29) is 38.6 Å². The molecular weight excluding hydrogens is 689 g/mol. The van der Waals surface area contributed by atoms with Gasteiger partial charge in [-0.05, 0) is 70.6 Å². The second-order valence-electron chi connectivity index (χ2n) is 14.2. The number of unbranched alkanes of at least 4 members (excludes halogenated alkanes) is 21. The Labute approximate surface area is 324 Å². The molecule has 0 aliphatic heterocycles. The number of phosphoric acid groups is 1. The van der Waals surface area contributed by atoms with Gasteiger partial charge in [0.15, 0.2) is 6.10 Å². The van der Waals surface area contributed by atoms with E-state index < -0.39 is 26.5 Å². The van der Waals surface area contributed by atoms with Gasteiger partial charge in [0, 0.05) is 19.4 Å². The van der Waals surface area contributed by atoms with E-state index in [1.54, 1.807) is 0 Å². The van der Waals surface area contributed by atoms with Crippen LogP contribution in [-0.4, -0.2) is 49.3 Å². The summed E-state index contributed by atoms with van der Waals surface area (Å²) in [6, 6.07) is 0. The minimum atomic E-state index is -4.38. The van der Waals surface area contributed by atoms with Gasteiger partial charge >= 0.3 is 19.8 Å². The quantitative estimate of drug-likeness (QED) is 0.0270. The van der Waals surface area contributed by atoms with Crippen molar-refractivity contribution in [3.8, 4) is 0 Å². The molecule has 0 aromatic rings. The van der Waals surface area contributed by atoms with Crippen LogP contribution in [0.4, 0.5) is 0 Å². The lowest BCUT2D eigenvalue weighted by molar-refractivity contribution is -0.161. The van der Waals surface area contributed by atoms with Crippen LogP contribution in [0.15, 0.2) is 36.5 Å². The number of hydrogen-bond acceptors (Lipinski definition) is 8. The van der Waals surface area contributed by atoms with Gasteiger partial charge in [0.05, 0.1) is 13.2 Å². The summed E-state index contributed by atoms with van der Waals surface area (Å²) in [5.74, 6) is -0.848. The summed E-state index contributed by atoms with van der Waals surface area (Å²) in [6.45, 7) is 3.68. The molecule has 0 aliphatic carbocycles. The number of phosphoric ester groups is 1. The fourth-order valence-electron chi connectivity index (χ4n) is 5.78. The molecule has 9 nitrogen and oxygen atoms in total. The smallest absolute Gasteiger partial charge is 0.462 e. The summed E-state index contributed by atoms with van der Waals surface area (Å²) in [6.07, 6.45) is 43.1. The Kier molecular flexibility index (Phi) is 38.6. The Morgan fingerprint density at radius 2 is 0.981 bits per heavy atom. The van der Waals surface area contributed by atoms with Gasteiger partial charge in [-0.1, -0.05) is 147 Å². The predicted octanol–water partition coefficient (Wildman–Crippen LogP) is 12.2. The zero-order chi connectivity index (χ0) is 38.9. The second-order valence-corrected chi connectivity index (χ2v) is 15.7. The van der Waals surface area contributed by atoms with Crippen LogP contribution >= 0.6 is 7.82 Å². The topological polar surface area (TPSA) is 134 Å². The van der Waals surface area contributed by atoms with Gasteiger partial charge < -0.3 is 20.1 Å². The average Bonchev–Trinajstić information content (AvgIpc) is 3.14. The number of rotatable bonds is 40. The number of esters is 2. The minimum absolute atomic E-state index is 0.0501. The van der Waals surface area contributed by atoms with Crippen molar-refractivity contribution in [3.63, 3.8) is 0 Å². The Bertz CT molecular complexity index is 970. The van der Waals surface area contributed by atoms with Crippen molar-refractivity contribution in [1.82, 2.24) is 0 Å². The fraction of sp³-hybridized carbons (Fsp3) is 0.814. The standard InChI is InChI=1S/C43H80NO8P/c1-3-5-7-9-11-13-15-17-19-20-22-23-25-27-29-31-33-35-42(45)49-39-41(40-51-53(47,48)50-38-37-44)52-43(46)36-34-32-30-28-26-24-21-18-16-14-12-10-8-6-4-2/h12,14,17-19,21,41H,3-11,13,15-16,20,22-40,44H2,1-2H3,(H,47,48)/b14-12+,19-17+,21-18+/t41-/m1/s1. The second kappa shape index (κ2) is 39.9. The summed E-state index contributed by atoms with van der Waals surface area (Å²) in [7, 11) is -4.38. The molecule has 0 saturated carbocycles. The molecule has 1 unspecified atom stereocenters. The zero-order valence-corrected chi connectivity index (χ0v) is 34.9. The Hall–Kier alpha value is -1.77. The van der Waals surface area contributed by atoms with E-state index in [2.05, 4.69) is 50.3 Å². The molecule has 2 atom stereocenters. The normalized spacial score (nSPS) is 13.7. The average molecular weight is 770 g/mol. The van der Waals surface area contributed by atoms with E-state index in [1.807, 2.05) is 0 Å². The van der Waals surface area contributed by atoms with Gasteiger partial charge in [0.2, 0.25) is 0 Å². The molecule has 0 aliphatic rings. The van der Waals surface area contributed by atoms with E-state index in [4.69, 9.17) is 24.3 Å². The van der Waals surface area contributed by atoms with Gasteiger partial charge in [-0.3, -0.25) is 18.6 Å². The number of carbonyl (C=O) groups excluding carboxylic acids is 2. The minimum Gasteiger partial charge on any atom is -0.462 e. The molecule has 310 valence electrons. The van der Waals surface area contributed by atoms with Gasteiger partial charge in [-0.25, -0.2) is 4.57 Å². The van der Waals surface area contributed by atoms with Crippen molar-refractivity contribution < 1.29 is 37.6 Å². The molecule has 10 heteroatoms. The maximum Gasteiger partial charge on any atom is 0.472 e. The molecule has 0 saturated heterocycles. The first-order chi connectivity index (χ1) is 25.8. The van der Waals surface area contributed by atoms with E-state index in [9.17, 15) is 19.0 Å². The third-order valence-electron chi connectivity index (χ3n) is 9.00. The Morgan fingerprint density at radius 3 is 1.49 bits per heavy atom. The lowest BCUT2D eigenvalue weighted by Gasteiger charge is -2.19. The molecule has 0 heterocycles. The Morgan fingerprint density at radius 1 is 0.566 bits per heavy atom. The first-order valence-corrected chi connectivity index (χ1v) is 23.0. The number of allylic oxidation sites excluding steroid dienone is 6. The summed E-state index contributed by atoms with van der Waals surface area (Å²) in [4.78, 5) is 34.8. The lowest BCUT2D eigenvalue weighted by atomic mass is 10.1. The largest absolute Gasteiger partial charge is 0.472 e. The van der Waals surface area contributed by atoms with Gasteiger partial charge in [0.25, 0.3) is 0 Å². The van der Waals surface area contributed by atoms with Crippen molar-refractivity contribution in [1.29, 1.82) is 0 Å². The van der Waals surface area contributed by atoms with Crippen LogP contribution < -0.4 is 5.73 Å². The highest BCUT2D eigenvalue weighted by molar-refractivity contribution is 7.47. The van der Waals surface area contributed by atoms with Crippen molar-refractivity contribution >= 4 is 19.8 Å². The van der Waals surface area contributed by atoms with Gasteiger partial charge in [-0.15, -0.1) is 0 Å². The fourth-order valence-corrected chi connectivity index (χ4v) is 6.54. The van der Waals surface area contributed by atoms with Crippen LogP contribution in [0, 0.1) is 0 Å². The number of nitrogens with two attached hydrogens (primary N) is 1. The van der Waals surface area contributed by atoms with Crippen LogP contribution in [0.1, 0.15) is 194 Å². The highest BCUT2D eigenvalue weighted by Gasteiger charge is 2.26. The zero-order valence-electron chi connectivity index (χ0n) is 34.0. The van der Waals surface area contributed by atoms with Crippen molar-refractivity contribution in [2.24, 2.45) is 5.73 Å². The van der Waals surface area contributed by atoms with Gasteiger partial charge in [0.1, 0.15) is 6.61 Å². The van der Waals surface area contributed by atoms with Crippen molar-refractivity contribution in [3.05, 3.63) is 36.5 Å². The van der Waals surface area contributed by atoms with Crippen molar-refractivity contribution in [2.45, 2.75) is 200 Å². The summed E-state index contributed by atoms with van der Waals surface area (Å²) >= 11 is 0. The first-order valence-electron chi connectivity index (χ1n) is 21.5. The maximum atomic E-state index is 12.6. The van der Waals surface area contributed by atoms with Crippen LogP contribution in [0.2, 0.25) is 0 Å². The van der Waals surface area contributed by atoms with Crippen LogP contribution in [-0.2, 0) is 32.7 Å². The third kappa shape index (κ3) is 39.7. The number of hydrogen-bond donors (Lipinski definition) is 2. The van der Waals surface area contributed by atoms with E-state index in [0.29, 0.717) is 6.42 Å². The van der Waals surface area contributed by atoms with E-state index >= 15 is 0 Å². The van der Waals surface area contributed by atoms with Crippen LogP contribution in [0.3, 0.4) is 0 Å². The van der Waals surface area contributed by atoms with Crippen LogP contribution in [0.25, 0.3) is 0 Å². The molecule has 0 bridgehead atoms. The van der Waals surface area contributed by atoms with Gasteiger partial charge in [-0.2, -0.15) is 0 Å². The molecule has 0 spiro atoms. The molecule has 3 N–H and O–H groups in total. The Balaban J connectivity index is 4.18.